The minimum absolute atomic E-state index is 0.129. The molecule has 174 valence electrons. The fourth-order valence-corrected chi connectivity index (χ4v) is 4.08. The van der Waals surface area contributed by atoms with Gasteiger partial charge in [-0.25, -0.2) is 0 Å². The van der Waals surface area contributed by atoms with E-state index in [9.17, 15) is 13.6 Å². The van der Waals surface area contributed by atoms with Gasteiger partial charge in [-0.2, -0.15) is 4.98 Å². The van der Waals surface area contributed by atoms with Gasteiger partial charge in [0, 0.05) is 58.8 Å². The number of nitrogens with zero attached hydrogens (tertiary/aromatic N) is 3. The Morgan fingerprint density at radius 2 is 2.06 bits per heavy atom. The van der Waals surface area contributed by atoms with Gasteiger partial charge in [0.2, 0.25) is 0 Å². The Balaban J connectivity index is 1.52. The fraction of sp³-hybridized carbons (Fsp3) is 0.208. The normalized spacial score (nSPS) is 15.5. The second-order valence-corrected chi connectivity index (χ2v) is 8.35. The van der Waals surface area contributed by atoms with Crippen LogP contribution < -0.4 is 14.8 Å². The zero-order valence-corrected chi connectivity index (χ0v) is 18.7. The second-order valence-electron chi connectivity index (χ2n) is 7.91. The van der Waals surface area contributed by atoms with E-state index in [1.165, 1.54) is 24.3 Å². The highest BCUT2D eigenvalue weighted by Crippen LogP contribution is 2.38. The summed E-state index contributed by atoms with van der Waals surface area (Å²) in [7, 11) is 0. The number of pyridine rings is 1. The summed E-state index contributed by atoms with van der Waals surface area (Å²) in [5, 5.41) is 2.77. The molecule has 0 spiro atoms. The number of imidazole rings is 1. The monoisotopic (exact) mass is 484 g/mol. The van der Waals surface area contributed by atoms with E-state index in [2.05, 4.69) is 26.9 Å². The first-order chi connectivity index (χ1) is 16.3. The van der Waals surface area contributed by atoms with Crippen molar-refractivity contribution in [3.05, 3.63) is 66.5 Å². The third-order valence-corrected chi connectivity index (χ3v) is 5.62. The summed E-state index contributed by atoms with van der Waals surface area (Å²) in [6.07, 6.45) is 4.26. The molecule has 1 aliphatic heterocycles. The minimum Gasteiger partial charge on any atom is -0.465 e. The van der Waals surface area contributed by atoms with Crippen molar-refractivity contribution in [3.63, 3.8) is 0 Å². The predicted molar refractivity (Wildman–Crippen MR) is 124 cm³/mol. The lowest BCUT2D eigenvalue weighted by molar-refractivity contribution is -0.0964. The highest BCUT2D eigenvalue weighted by Gasteiger charge is 2.28. The van der Waals surface area contributed by atoms with Crippen LogP contribution in [0.1, 0.15) is 29.7 Å². The number of hydrogen-bond acceptors (Lipinski definition) is 5. The number of hydrogen-bond donors (Lipinski definition) is 1. The van der Waals surface area contributed by atoms with Crippen molar-refractivity contribution in [1.82, 2.24) is 14.5 Å². The van der Waals surface area contributed by atoms with Gasteiger partial charge in [0.15, 0.2) is 0 Å². The molecule has 1 N–H and O–H groups in total. The summed E-state index contributed by atoms with van der Waals surface area (Å²) in [5.74, 6) is -0.515. The van der Waals surface area contributed by atoms with Crippen LogP contribution in [0.5, 0.6) is 11.8 Å². The lowest BCUT2D eigenvalue weighted by atomic mass is 10.0. The van der Waals surface area contributed by atoms with Crippen LogP contribution in [-0.4, -0.2) is 32.6 Å². The Hall–Kier alpha value is -3.72. The Labute approximate surface area is 198 Å². The Morgan fingerprint density at radius 1 is 1.26 bits per heavy atom. The minimum atomic E-state index is -3.81. The number of ether oxygens (including phenoxy) is 2. The molecule has 3 heterocycles. The summed E-state index contributed by atoms with van der Waals surface area (Å²) < 4.78 is 37.7. The molecule has 0 fully saturated rings. The third-order valence-electron chi connectivity index (χ3n) is 5.54. The molecule has 1 aliphatic rings. The number of halogens is 3. The molecular formula is C24H19ClF2N4O3. The molecule has 0 saturated heterocycles. The zero-order chi connectivity index (χ0) is 23.9. The molecule has 0 saturated carbocycles. The van der Waals surface area contributed by atoms with Crippen LogP contribution in [0.15, 0.2) is 60.9 Å². The molecule has 0 bridgehead atoms. The highest BCUT2D eigenvalue weighted by molar-refractivity contribution is 6.20. The molecular weight excluding hydrogens is 466 g/mol. The number of amides is 1. The maximum atomic E-state index is 13.1. The van der Waals surface area contributed by atoms with Crippen molar-refractivity contribution < 1.29 is 23.0 Å². The number of alkyl halides is 3. The molecule has 4 aromatic rings. The van der Waals surface area contributed by atoms with Crippen LogP contribution in [0, 0.1) is 0 Å². The summed E-state index contributed by atoms with van der Waals surface area (Å²) >= 11 is 4.79. The molecule has 1 atom stereocenters. The van der Waals surface area contributed by atoms with E-state index in [1.54, 1.807) is 24.5 Å². The van der Waals surface area contributed by atoms with Crippen LogP contribution in [0.25, 0.3) is 22.2 Å². The number of anilines is 1. The quantitative estimate of drug-likeness (QED) is 0.359. The van der Waals surface area contributed by atoms with Crippen molar-refractivity contribution >= 4 is 34.2 Å². The first-order valence-electron chi connectivity index (χ1n) is 10.5. The number of aromatic nitrogens is 3. The average molecular weight is 485 g/mol. The van der Waals surface area contributed by atoms with E-state index in [0.717, 1.165) is 23.1 Å². The van der Waals surface area contributed by atoms with Gasteiger partial charge < -0.3 is 14.8 Å². The number of fused-ring (bicyclic) bond motifs is 3. The van der Waals surface area contributed by atoms with Gasteiger partial charge in [-0.15, -0.1) is 8.78 Å². The highest BCUT2D eigenvalue weighted by atomic mass is 35.5. The Bertz CT molecular complexity index is 1350. The van der Waals surface area contributed by atoms with Crippen molar-refractivity contribution in [2.45, 2.75) is 25.0 Å². The van der Waals surface area contributed by atoms with Gasteiger partial charge in [0.05, 0.1) is 17.6 Å². The lowest BCUT2D eigenvalue weighted by Crippen LogP contribution is -2.18. The molecule has 10 heteroatoms. The number of rotatable bonds is 5. The first kappa shape index (κ1) is 22.1. The number of carbonyl (C=O) groups is 1. The van der Waals surface area contributed by atoms with Crippen molar-refractivity contribution in [3.8, 4) is 22.9 Å². The molecule has 0 unspecified atom stereocenters. The van der Waals surface area contributed by atoms with Crippen LogP contribution in [0.3, 0.4) is 0 Å². The lowest BCUT2D eigenvalue weighted by Gasteiger charge is -2.23. The molecule has 1 amide bonds. The molecule has 0 aliphatic carbocycles. The summed E-state index contributed by atoms with van der Waals surface area (Å²) in [4.78, 5) is 21.9. The molecule has 2 aromatic carbocycles. The van der Waals surface area contributed by atoms with E-state index < -0.39 is 5.57 Å². The van der Waals surface area contributed by atoms with Gasteiger partial charge in [-0.3, -0.25) is 14.3 Å². The molecule has 5 rings (SSSR count). The van der Waals surface area contributed by atoms with Crippen LogP contribution in [0.4, 0.5) is 14.5 Å². The molecule has 34 heavy (non-hydrogen) atoms. The second kappa shape index (κ2) is 8.57. The molecule has 2 aromatic heterocycles. The van der Waals surface area contributed by atoms with Crippen molar-refractivity contribution in [2.24, 2.45) is 0 Å². The van der Waals surface area contributed by atoms with E-state index in [4.69, 9.17) is 16.3 Å². The molecule has 0 radical (unpaired) electrons. The van der Waals surface area contributed by atoms with Crippen molar-refractivity contribution in [2.75, 3.05) is 11.9 Å². The summed E-state index contributed by atoms with van der Waals surface area (Å²) in [6, 6.07) is 13.4. The number of benzene rings is 2. The number of carbonyl (C=O) groups excluding carboxylic acids is 1. The summed E-state index contributed by atoms with van der Waals surface area (Å²) in [5.41, 5.74) is 0.111. The van der Waals surface area contributed by atoms with Gasteiger partial charge in [0.25, 0.3) is 11.9 Å². The predicted octanol–water partition coefficient (Wildman–Crippen LogP) is 5.86. The number of nitrogens with one attached hydrogen (secondary N) is 1. The van der Waals surface area contributed by atoms with Crippen LogP contribution >= 0.6 is 11.6 Å². The van der Waals surface area contributed by atoms with Crippen molar-refractivity contribution in [1.29, 1.82) is 0 Å². The van der Waals surface area contributed by atoms with Gasteiger partial charge in [-0.1, -0.05) is 6.07 Å². The zero-order valence-electron chi connectivity index (χ0n) is 18.0. The van der Waals surface area contributed by atoms with E-state index in [-0.39, 0.29) is 17.7 Å². The third kappa shape index (κ3) is 4.38. The smallest absolute Gasteiger partial charge is 0.465 e. The fourth-order valence-electron chi connectivity index (χ4n) is 3.99. The van der Waals surface area contributed by atoms with Gasteiger partial charge >= 0.3 is 5.57 Å². The Kier molecular flexibility index (Phi) is 5.57. The molecule has 7 nitrogen and oxygen atoms in total. The summed E-state index contributed by atoms with van der Waals surface area (Å²) in [6.45, 7) is 2.68. The van der Waals surface area contributed by atoms with Crippen LogP contribution in [-0.2, 0) is 0 Å². The van der Waals surface area contributed by atoms with Gasteiger partial charge in [-0.05, 0) is 49.4 Å². The van der Waals surface area contributed by atoms with Crippen LogP contribution in [0.2, 0.25) is 0 Å². The Morgan fingerprint density at radius 3 is 2.76 bits per heavy atom. The average Bonchev–Trinajstić information content (AvgIpc) is 3.19. The maximum absolute atomic E-state index is 13.1. The topological polar surface area (TPSA) is 78.3 Å². The van der Waals surface area contributed by atoms with E-state index >= 15 is 0 Å². The largest absolute Gasteiger partial charge is 0.487 e. The van der Waals surface area contributed by atoms with E-state index in [0.29, 0.717) is 29.4 Å². The first-order valence-corrected chi connectivity index (χ1v) is 10.9. The SMILES string of the molecule is C[C@@H]1CCOc2nc3cc(C(=O)Nc4ccc(OC(F)(F)Cl)cc4)cc(-c4cccnc4)c3n21. The maximum Gasteiger partial charge on any atom is 0.487 e. The van der Waals surface area contributed by atoms with E-state index in [1.807, 2.05) is 16.7 Å². The van der Waals surface area contributed by atoms with Gasteiger partial charge in [0.1, 0.15) is 5.75 Å². The standard InChI is InChI=1S/C24H19ClF2N4O3/c1-14-8-10-33-23-30-20-12-16(11-19(21(20)31(14)23)15-3-2-9-28-13-15)22(32)29-17-4-6-18(7-5-17)34-24(25,26)27/h2-7,9,11-14H,8,10H2,1H3,(H,29,32)/t14-/m1/s1.